The van der Waals surface area contributed by atoms with E-state index in [1.165, 1.54) is 0 Å². The van der Waals surface area contributed by atoms with Gasteiger partial charge in [0.05, 0.1) is 5.52 Å². The largest absolute Gasteiger partial charge is 0.417 e. The van der Waals surface area contributed by atoms with Crippen LogP contribution in [0.15, 0.2) is 35.5 Å². The highest BCUT2D eigenvalue weighted by Crippen LogP contribution is 2.24. The van der Waals surface area contributed by atoms with Crippen LogP contribution in [0.1, 0.15) is 90.5 Å². The van der Waals surface area contributed by atoms with E-state index in [1.54, 1.807) is 22.9 Å². The van der Waals surface area contributed by atoms with Gasteiger partial charge in [-0.25, -0.2) is 4.99 Å². The van der Waals surface area contributed by atoms with Gasteiger partial charge in [-0.2, -0.15) is 4.73 Å². The Morgan fingerprint density at radius 3 is 2.56 bits per heavy atom. The average molecular weight is 622 g/mol. The molecule has 4 rings (SSSR count). The number of rotatable bonds is 12. The van der Waals surface area contributed by atoms with E-state index in [2.05, 4.69) is 15.6 Å². The van der Waals surface area contributed by atoms with Gasteiger partial charge >= 0.3 is 0 Å². The van der Waals surface area contributed by atoms with Gasteiger partial charge in [-0.15, -0.1) is 0 Å². The monoisotopic (exact) mass is 621 g/mol. The van der Waals surface area contributed by atoms with Crippen LogP contribution in [0, 0.1) is 5.92 Å². The summed E-state index contributed by atoms with van der Waals surface area (Å²) in [5.41, 5.74) is 1.65. The SMILES string of the molecule is CCC(=O)CCCCC[C@@H]1NC(=O)C(Cc2cn(OC)c3ccccc23)NC(=O)C([C@@H](C)CC)=NC(=O)C2CCCCN2C1=O. The van der Waals surface area contributed by atoms with Crippen LogP contribution in [0.25, 0.3) is 10.9 Å². The fourth-order valence-electron chi connectivity index (χ4n) is 6.17. The van der Waals surface area contributed by atoms with Crippen LogP contribution in [-0.4, -0.2) is 76.5 Å². The summed E-state index contributed by atoms with van der Waals surface area (Å²) in [7, 11) is 1.55. The molecule has 2 N–H and O–H groups in total. The number of carbonyl (C=O) groups is 5. The van der Waals surface area contributed by atoms with Gasteiger partial charge in [0.1, 0.15) is 36.7 Å². The number of nitrogens with one attached hydrogen (secondary N) is 2. The number of carbonyl (C=O) groups excluding carboxylic acids is 5. The number of aliphatic imine (C=N–C) groups is 1. The molecule has 2 aromatic rings. The number of fused-ring (bicyclic) bond motifs is 2. The van der Waals surface area contributed by atoms with Crippen molar-refractivity contribution in [1.82, 2.24) is 20.3 Å². The lowest BCUT2D eigenvalue weighted by Crippen LogP contribution is -2.59. The fourth-order valence-corrected chi connectivity index (χ4v) is 6.17. The van der Waals surface area contributed by atoms with Crippen molar-refractivity contribution >= 4 is 46.0 Å². The van der Waals surface area contributed by atoms with Crippen LogP contribution < -0.4 is 15.5 Å². The van der Waals surface area contributed by atoms with E-state index in [0.29, 0.717) is 51.5 Å². The summed E-state index contributed by atoms with van der Waals surface area (Å²) in [6.07, 6.45) is 7.84. The maximum atomic E-state index is 14.1. The zero-order valence-electron chi connectivity index (χ0n) is 27.0. The lowest BCUT2D eigenvalue weighted by Gasteiger charge is -2.37. The van der Waals surface area contributed by atoms with Gasteiger partial charge in [0.25, 0.3) is 11.8 Å². The highest BCUT2D eigenvalue weighted by molar-refractivity contribution is 6.41. The molecule has 4 atom stereocenters. The number of ketones is 1. The fraction of sp³-hybridized carbons (Fsp3) is 0.588. The Labute approximate surface area is 265 Å². The lowest BCUT2D eigenvalue weighted by atomic mass is 9.96. The molecule has 4 amide bonds. The molecule has 1 aromatic heterocycles. The molecule has 2 aliphatic rings. The summed E-state index contributed by atoms with van der Waals surface area (Å²) in [4.78, 5) is 78.6. The molecule has 1 saturated heterocycles. The number of piperidine rings is 1. The Hall–Kier alpha value is -4.02. The first-order valence-corrected chi connectivity index (χ1v) is 16.4. The van der Waals surface area contributed by atoms with Crippen LogP contribution >= 0.6 is 0 Å². The second kappa shape index (κ2) is 15.8. The number of nitrogens with zero attached hydrogens (tertiary/aromatic N) is 3. The number of amides is 4. The molecule has 0 bridgehead atoms. The molecule has 45 heavy (non-hydrogen) atoms. The van der Waals surface area contributed by atoms with Crippen molar-refractivity contribution < 1.29 is 28.8 Å². The third-order valence-electron chi connectivity index (χ3n) is 9.07. The normalized spacial score (nSPS) is 22.1. The Kier molecular flexibility index (Phi) is 11.9. The van der Waals surface area contributed by atoms with Crippen molar-refractivity contribution in [1.29, 1.82) is 0 Å². The van der Waals surface area contributed by atoms with E-state index in [4.69, 9.17) is 4.84 Å². The molecule has 0 aliphatic carbocycles. The third-order valence-corrected chi connectivity index (χ3v) is 9.07. The Morgan fingerprint density at radius 1 is 1.04 bits per heavy atom. The Morgan fingerprint density at radius 2 is 1.82 bits per heavy atom. The summed E-state index contributed by atoms with van der Waals surface area (Å²) < 4.78 is 1.61. The number of Topliss-reactive ketones (excluding diaryl/α,β-unsaturated/α-hetero) is 1. The number of unbranched alkanes of at least 4 members (excludes halogenated alkanes) is 2. The molecule has 1 aromatic carbocycles. The molecule has 3 heterocycles. The Balaban J connectivity index is 1.70. The second-order valence-electron chi connectivity index (χ2n) is 12.2. The summed E-state index contributed by atoms with van der Waals surface area (Å²) >= 11 is 0. The minimum Gasteiger partial charge on any atom is -0.417 e. The topological polar surface area (TPSA) is 139 Å². The number of para-hydroxylation sites is 1. The number of benzene rings is 1. The van der Waals surface area contributed by atoms with Gasteiger partial charge in [-0.05, 0) is 50.2 Å². The highest BCUT2D eigenvalue weighted by atomic mass is 16.6. The molecular weight excluding hydrogens is 574 g/mol. The van der Waals surface area contributed by atoms with E-state index < -0.39 is 35.8 Å². The van der Waals surface area contributed by atoms with Gasteiger partial charge in [0.15, 0.2) is 0 Å². The van der Waals surface area contributed by atoms with E-state index in [0.717, 1.165) is 35.7 Å². The summed E-state index contributed by atoms with van der Waals surface area (Å²) in [6, 6.07) is 4.89. The molecule has 0 saturated carbocycles. The maximum Gasteiger partial charge on any atom is 0.268 e. The van der Waals surface area contributed by atoms with Crippen molar-refractivity contribution in [2.45, 2.75) is 110 Å². The zero-order valence-corrected chi connectivity index (χ0v) is 27.0. The lowest BCUT2D eigenvalue weighted by molar-refractivity contribution is -0.144. The predicted molar refractivity (Wildman–Crippen MR) is 172 cm³/mol. The van der Waals surface area contributed by atoms with Crippen molar-refractivity contribution in [3.63, 3.8) is 0 Å². The minimum absolute atomic E-state index is 0.0661. The molecule has 1 fully saturated rings. The van der Waals surface area contributed by atoms with E-state index in [1.807, 2.05) is 45.0 Å². The first-order chi connectivity index (χ1) is 21.7. The molecule has 11 heteroatoms. The van der Waals surface area contributed by atoms with Crippen molar-refractivity contribution in [3.05, 3.63) is 36.0 Å². The van der Waals surface area contributed by atoms with Gasteiger partial charge in [0.2, 0.25) is 11.8 Å². The number of hydrogen-bond acceptors (Lipinski definition) is 6. The molecule has 0 spiro atoms. The van der Waals surface area contributed by atoms with Gasteiger partial charge in [-0.3, -0.25) is 24.0 Å². The van der Waals surface area contributed by atoms with Gasteiger partial charge in [0, 0.05) is 43.3 Å². The second-order valence-corrected chi connectivity index (χ2v) is 12.2. The minimum atomic E-state index is -1.05. The predicted octanol–water partition coefficient (Wildman–Crippen LogP) is 3.55. The van der Waals surface area contributed by atoms with Crippen LogP contribution in [0.4, 0.5) is 0 Å². The van der Waals surface area contributed by atoms with Crippen molar-refractivity contribution in [3.8, 4) is 0 Å². The van der Waals surface area contributed by atoms with Gasteiger partial charge < -0.3 is 20.4 Å². The molecule has 0 radical (unpaired) electrons. The zero-order chi connectivity index (χ0) is 32.5. The number of aromatic nitrogens is 1. The van der Waals surface area contributed by atoms with Crippen LogP contribution in [0.5, 0.6) is 0 Å². The standard InChI is InChI=1S/C34H47N5O6/c1-5-22(3)30-33(43)36-27(20-23-21-39(45-4)28-17-11-10-15-25(23)28)31(41)35-26(16-9-7-8-14-24(40)6-2)34(44)38-19-13-12-18-29(38)32(42)37-30/h10-11,15,17,21-22,26-27,29H,5-9,12-14,16,18-20H2,1-4H3,(H,35,41)(H,36,43)/t22-,26-,27?,29?/m0/s1. The summed E-state index contributed by atoms with van der Waals surface area (Å²) in [5.74, 6) is -2.01. The highest BCUT2D eigenvalue weighted by Gasteiger charge is 2.38. The van der Waals surface area contributed by atoms with Crippen LogP contribution in [0.3, 0.4) is 0 Å². The smallest absolute Gasteiger partial charge is 0.268 e. The summed E-state index contributed by atoms with van der Waals surface area (Å²) in [6.45, 7) is 5.96. The van der Waals surface area contributed by atoms with Gasteiger partial charge in [-0.1, -0.05) is 51.8 Å². The molecule has 2 unspecified atom stereocenters. The van der Waals surface area contributed by atoms with Crippen LogP contribution in [-0.2, 0) is 30.4 Å². The van der Waals surface area contributed by atoms with E-state index >= 15 is 0 Å². The van der Waals surface area contributed by atoms with Crippen molar-refractivity contribution in [2.24, 2.45) is 10.9 Å². The first kappa shape index (κ1) is 33.9. The average Bonchev–Trinajstić information content (AvgIpc) is 3.41. The maximum absolute atomic E-state index is 14.1. The Bertz CT molecular complexity index is 1430. The first-order valence-electron chi connectivity index (χ1n) is 16.4. The molecule has 2 aliphatic heterocycles. The van der Waals surface area contributed by atoms with E-state index in [9.17, 15) is 24.0 Å². The van der Waals surface area contributed by atoms with Crippen molar-refractivity contribution in [2.75, 3.05) is 13.7 Å². The number of hydrogen-bond donors (Lipinski definition) is 2. The molecule has 11 nitrogen and oxygen atoms in total. The molecular formula is C34H47N5O6. The van der Waals surface area contributed by atoms with Crippen LogP contribution in [0.2, 0.25) is 0 Å². The third kappa shape index (κ3) is 8.18. The summed E-state index contributed by atoms with van der Waals surface area (Å²) in [5, 5.41) is 6.69. The quantitative estimate of drug-likeness (QED) is 0.348. The molecule has 244 valence electrons. The van der Waals surface area contributed by atoms with E-state index in [-0.39, 0.29) is 29.7 Å².